The minimum atomic E-state index is 0.279. The predicted octanol–water partition coefficient (Wildman–Crippen LogP) is 2.36. The van der Waals surface area contributed by atoms with Crippen LogP contribution in [0.15, 0.2) is 35.2 Å². The van der Waals surface area contributed by atoms with E-state index in [2.05, 4.69) is 17.0 Å². The fourth-order valence-corrected chi connectivity index (χ4v) is 4.25. The predicted molar refractivity (Wildman–Crippen MR) is 82.6 cm³/mol. The van der Waals surface area contributed by atoms with E-state index in [9.17, 15) is 4.79 Å². The highest BCUT2D eigenvalue weighted by molar-refractivity contribution is 8.00. The standard InChI is InChI=1S/C16H22N2OS/c17-14-7-6-12-9-18(10-13(12)8-14)16(19)11-20-15-4-2-1-3-5-15/h1-5,12-14H,6-11,17H2/t12-,13+,14?/m1/s1. The van der Waals surface area contributed by atoms with E-state index < -0.39 is 0 Å². The number of nitrogens with zero attached hydrogens (tertiary/aromatic N) is 1. The number of hydrogen-bond acceptors (Lipinski definition) is 3. The van der Waals surface area contributed by atoms with Crippen LogP contribution in [0.4, 0.5) is 0 Å². The first kappa shape index (κ1) is 14.0. The van der Waals surface area contributed by atoms with Crippen molar-refractivity contribution >= 4 is 17.7 Å². The molecule has 0 bridgehead atoms. The third-order valence-corrected chi connectivity index (χ3v) is 5.55. The second-order valence-corrected chi connectivity index (χ2v) is 7.04. The molecule has 1 saturated carbocycles. The van der Waals surface area contributed by atoms with E-state index in [1.807, 2.05) is 18.2 Å². The zero-order valence-corrected chi connectivity index (χ0v) is 12.5. The maximum Gasteiger partial charge on any atom is 0.232 e. The Kier molecular flexibility index (Phi) is 4.32. The summed E-state index contributed by atoms with van der Waals surface area (Å²) in [5, 5.41) is 0. The highest BCUT2D eigenvalue weighted by Gasteiger charge is 2.38. The van der Waals surface area contributed by atoms with Crippen LogP contribution in [-0.4, -0.2) is 35.7 Å². The van der Waals surface area contributed by atoms with Crippen molar-refractivity contribution in [1.29, 1.82) is 0 Å². The van der Waals surface area contributed by atoms with Gasteiger partial charge in [0.15, 0.2) is 0 Å². The number of likely N-dealkylation sites (tertiary alicyclic amines) is 1. The van der Waals surface area contributed by atoms with Gasteiger partial charge in [0.25, 0.3) is 0 Å². The first-order chi connectivity index (χ1) is 9.72. The first-order valence-electron chi connectivity index (χ1n) is 7.43. The average Bonchev–Trinajstić information content (AvgIpc) is 2.89. The molecular weight excluding hydrogens is 268 g/mol. The van der Waals surface area contributed by atoms with E-state index >= 15 is 0 Å². The van der Waals surface area contributed by atoms with Crippen molar-refractivity contribution in [3.05, 3.63) is 30.3 Å². The van der Waals surface area contributed by atoms with Gasteiger partial charge in [0.2, 0.25) is 5.91 Å². The van der Waals surface area contributed by atoms with E-state index in [0.717, 1.165) is 25.9 Å². The molecule has 108 valence electrons. The number of carbonyl (C=O) groups excluding carboxylic acids is 1. The summed E-state index contributed by atoms with van der Waals surface area (Å²) in [6.07, 6.45) is 3.42. The summed E-state index contributed by atoms with van der Waals surface area (Å²) in [7, 11) is 0. The molecular formula is C16H22N2OS. The second-order valence-electron chi connectivity index (χ2n) is 5.99. The summed E-state index contributed by atoms with van der Waals surface area (Å²) < 4.78 is 0. The van der Waals surface area contributed by atoms with Gasteiger partial charge in [-0.3, -0.25) is 4.79 Å². The molecule has 1 saturated heterocycles. The number of hydrogen-bond donors (Lipinski definition) is 1. The fourth-order valence-electron chi connectivity index (χ4n) is 3.42. The molecule has 2 fully saturated rings. The Hall–Kier alpha value is -1.00. The summed E-state index contributed by atoms with van der Waals surface area (Å²) in [5.41, 5.74) is 6.04. The number of thioether (sulfide) groups is 1. The fraction of sp³-hybridized carbons (Fsp3) is 0.562. The monoisotopic (exact) mass is 290 g/mol. The molecule has 1 aromatic rings. The first-order valence-corrected chi connectivity index (χ1v) is 8.42. The summed E-state index contributed by atoms with van der Waals surface area (Å²) in [5.74, 6) is 2.17. The quantitative estimate of drug-likeness (QED) is 0.869. The van der Waals surface area contributed by atoms with E-state index in [1.165, 1.54) is 11.3 Å². The molecule has 1 heterocycles. The lowest BCUT2D eigenvalue weighted by Gasteiger charge is -2.27. The Morgan fingerprint density at radius 2 is 1.95 bits per heavy atom. The van der Waals surface area contributed by atoms with Crippen LogP contribution in [0.3, 0.4) is 0 Å². The molecule has 3 nitrogen and oxygen atoms in total. The third kappa shape index (κ3) is 3.18. The number of carbonyl (C=O) groups is 1. The van der Waals surface area contributed by atoms with Crippen molar-refractivity contribution in [2.24, 2.45) is 17.6 Å². The Bertz CT molecular complexity index is 465. The van der Waals surface area contributed by atoms with E-state index in [-0.39, 0.29) is 5.91 Å². The Balaban J connectivity index is 1.51. The van der Waals surface area contributed by atoms with E-state index in [0.29, 0.717) is 23.6 Å². The van der Waals surface area contributed by atoms with Crippen LogP contribution in [0.1, 0.15) is 19.3 Å². The van der Waals surface area contributed by atoms with Gasteiger partial charge in [-0.1, -0.05) is 18.2 Å². The summed E-state index contributed by atoms with van der Waals surface area (Å²) in [6, 6.07) is 10.5. The number of rotatable bonds is 3. The van der Waals surface area contributed by atoms with Crippen LogP contribution in [0.25, 0.3) is 0 Å². The van der Waals surface area contributed by atoms with Crippen LogP contribution in [0.2, 0.25) is 0 Å². The van der Waals surface area contributed by atoms with Gasteiger partial charge in [-0.05, 0) is 43.2 Å². The number of amides is 1. The summed E-state index contributed by atoms with van der Waals surface area (Å²) in [4.78, 5) is 15.5. The molecule has 0 aromatic heterocycles. The smallest absolute Gasteiger partial charge is 0.232 e. The summed E-state index contributed by atoms with van der Waals surface area (Å²) in [6.45, 7) is 1.87. The van der Waals surface area contributed by atoms with Crippen LogP contribution < -0.4 is 5.73 Å². The molecule has 20 heavy (non-hydrogen) atoms. The van der Waals surface area contributed by atoms with Crippen LogP contribution in [-0.2, 0) is 4.79 Å². The third-order valence-electron chi connectivity index (χ3n) is 4.55. The molecule has 2 aliphatic rings. The molecule has 1 amide bonds. The van der Waals surface area contributed by atoms with Crippen molar-refractivity contribution in [2.75, 3.05) is 18.8 Å². The van der Waals surface area contributed by atoms with Gasteiger partial charge < -0.3 is 10.6 Å². The molecule has 1 aromatic carbocycles. The number of nitrogens with two attached hydrogens (primary N) is 1. The summed E-state index contributed by atoms with van der Waals surface area (Å²) >= 11 is 1.63. The normalized spacial score (nSPS) is 29.2. The van der Waals surface area contributed by atoms with Crippen molar-refractivity contribution in [2.45, 2.75) is 30.2 Å². The lowest BCUT2D eigenvalue weighted by molar-refractivity contribution is -0.127. The largest absolute Gasteiger partial charge is 0.341 e. The molecule has 3 atom stereocenters. The molecule has 2 N–H and O–H groups in total. The van der Waals surface area contributed by atoms with Crippen molar-refractivity contribution in [1.82, 2.24) is 4.90 Å². The zero-order chi connectivity index (χ0) is 13.9. The van der Waals surface area contributed by atoms with Gasteiger partial charge in [-0.15, -0.1) is 11.8 Å². The topological polar surface area (TPSA) is 46.3 Å². The Morgan fingerprint density at radius 3 is 2.75 bits per heavy atom. The average molecular weight is 290 g/mol. The van der Waals surface area contributed by atoms with Crippen LogP contribution >= 0.6 is 11.8 Å². The van der Waals surface area contributed by atoms with Gasteiger partial charge in [-0.25, -0.2) is 0 Å². The molecule has 0 spiro atoms. The Labute approximate surface area is 124 Å². The maximum absolute atomic E-state index is 12.3. The number of benzene rings is 1. The van der Waals surface area contributed by atoms with Crippen LogP contribution in [0, 0.1) is 11.8 Å². The number of fused-ring (bicyclic) bond motifs is 1. The van der Waals surface area contributed by atoms with E-state index in [4.69, 9.17) is 5.73 Å². The molecule has 1 unspecified atom stereocenters. The highest BCUT2D eigenvalue weighted by Crippen LogP contribution is 2.36. The minimum absolute atomic E-state index is 0.279. The van der Waals surface area contributed by atoms with Gasteiger partial charge in [0.1, 0.15) is 0 Å². The van der Waals surface area contributed by atoms with Crippen molar-refractivity contribution in [3.63, 3.8) is 0 Å². The molecule has 1 aliphatic heterocycles. The Morgan fingerprint density at radius 1 is 1.20 bits per heavy atom. The lowest BCUT2D eigenvalue weighted by atomic mass is 9.79. The maximum atomic E-state index is 12.3. The van der Waals surface area contributed by atoms with Crippen LogP contribution in [0.5, 0.6) is 0 Å². The lowest BCUT2D eigenvalue weighted by Crippen LogP contribution is -2.32. The zero-order valence-electron chi connectivity index (χ0n) is 11.7. The second kappa shape index (κ2) is 6.19. The van der Waals surface area contributed by atoms with Crippen molar-refractivity contribution in [3.8, 4) is 0 Å². The van der Waals surface area contributed by atoms with Gasteiger partial charge in [0, 0.05) is 24.0 Å². The van der Waals surface area contributed by atoms with Crippen molar-refractivity contribution < 1.29 is 4.79 Å². The van der Waals surface area contributed by atoms with Gasteiger partial charge in [-0.2, -0.15) is 0 Å². The van der Waals surface area contributed by atoms with Gasteiger partial charge >= 0.3 is 0 Å². The van der Waals surface area contributed by atoms with Gasteiger partial charge in [0.05, 0.1) is 5.75 Å². The molecule has 3 rings (SSSR count). The highest BCUT2D eigenvalue weighted by atomic mass is 32.2. The molecule has 4 heteroatoms. The SMILES string of the molecule is NC1CC[C@@H]2CN(C(=O)CSc3ccccc3)C[C@@H]2C1. The molecule has 1 aliphatic carbocycles. The van der Waals surface area contributed by atoms with E-state index in [1.54, 1.807) is 11.8 Å². The minimum Gasteiger partial charge on any atom is -0.341 e. The molecule has 0 radical (unpaired) electrons.